The van der Waals surface area contributed by atoms with Gasteiger partial charge in [-0.15, -0.1) is 11.8 Å². The highest BCUT2D eigenvalue weighted by Crippen LogP contribution is 2.30. The zero-order chi connectivity index (χ0) is 13.7. The first kappa shape index (κ1) is 13.8. The quantitative estimate of drug-likeness (QED) is 0.652. The van der Waals surface area contributed by atoms with Crippen molar-refractivity contribution in [3.63, 3.8) is 0 Å². The van der Waals surface area contributed by atoms with Crippen molar-refractivity contribution < 1.29 is 4.74 Å². The van der Waals surface area contributed by atoms with Gasteiger partial charge in [0, 0.05) is 10.6 Å². The normalized spacial score (nSPS) is 10.4. The summed E-state index contributed by atoms with van der Waals surface area (Å²) in [4.78, 5) is 1.18. The van der Waals surface area contributed by atoms with Crippen molar-refractivity contribution in [2.75, 3.05) is 12.3 Å². The summed E-state index contributed by atoms with van der Waals surface area (Å²) >= 11 is 1.80. The van der Waals surface area contributed by atoms with Gasteiger partial charge in [0.05, 0.1) is 12.3 Å². The Labute approximate surface area is 119 Å². The van der Waals surface area contributed by atoms with E-state index in [1.807, 2.05) is 25.1 Å². The van der Waals surface area contributed by atoms with Crippen LogP contribution in [-0.2, 0) is 5.75 Å². The molecule has 0 aromatic heterocycles. The summed E-state index contributed by atoms with van der Waals surface area (Å²) in [6.07, 6.45) is 0. The Balaban J connectivity index is 2.07. The van der Waals surface area contributed by atoms with Gasteiger partial charge in [-0.2, -0.15) is 0 Å². The summed E-state index contributed by atoms with van der Waals surface area (Å²) < 4.78 is 5.51. The molecule has 0 fully saturated rings. The number of nitrogen functional groups attached to an aromatic ring is 1. The molecule has 0 spiro atoms. The van der Waals surface area contributed by atoms with Crippen molar-refractivity contribution in [2.24, 2.45) is 0 Å². The van der Waals surface area contributed by atoms with Gasteiger partial charge in [0.15, 0.2) is 0 Å². The van der Waals surface area contributed by atoms with Crippen LogP contribution in [0.1, 0.15) is 18.1 Å². The molecule has 0 aliphatic carbocycles. The molecule has 100 valence electrons. The second kappa shape index (κ2) is 6.53. The van der Waals surface area contributed by atoms with Crippen LogP contribution in [0.25, 0.3) is 0 Å². The number of benzene rings is 2. The Hall–Kier alpha value is -1.61. The van der Waals surface area contributed by atoms with E-state index in [0.717, 1.165) is 11.5 Å². The number of hydrogen-bond donors (Lipinski definition) is 1. The average molecular weight is 273 g/mol. The molecule has 0 heterocycles. The molecule has 0 unspecified atom stereocenters. The average Bonchev–Trinajstić information content (AvgIpc) is 2.41. The zero-order valence-electron chi connectivity index (χ0n) is 11.3. The maximum absolute atomic E-state index is 5.87. The van der Waals surface area contributed by atoms with E-state index in [0.29, 0.717) is 12.3 Å². The molecule has 0 aliphatic heterocycles. The van der Waals surface area contributed by atoms with Gasteiger partial charge >= 0.3 is 0 Å². The van der Waals surface area contributed by atoms with Gasteiger partial charge in [0.25, 0.3) is 0 Å². The number of thioether (sulfide) groups is 1. The van der Waals surface area contributed by atoms with E-state index in [2.05, 4.69) is 31.2 Å². The van der Waals surface area contributed by atoms with E-state index in [4.69, 9.17) is 10.5 Å². The van der Waals surface area contributed by atoms with Gasteiger partial charge in [0.1, 0.15) is 5.75 Å². The van der Waals surface area contributed by atoms with Crippen LogP contribution in [0, 0.1) is 6.92 Å². The molecular formula is C16H19NOS. The minimum absolute atomic E-state index is 0.635. The second-order valence-corrected chi connectivity index (χ2v) is 5.40. The third kappa shape index (κ3) is 3.67. The number of hydrogen-bond acceptors (Lipinski definition) is 3. The Kier molecular flexibility index (Phi) is 4.74. The van der Waals surface area contributed by atoms with Crippen LogP contribution in [-0.4, -0.2) is 6.61 Å². The fraction of sp³-hybridized carbons (Fsp3) is 0.250. The first-order valence-corrected chi connectivity index (χ1v) is 7.39. The van der Waals surface area contributed by atoms with Gasteiger partial charge in [-0.05, 0) is 43.2 Å². The van der Waals surface area contributed by atoms with Crippen LogP contribution in [0.4, 0.5) is 5.69 Å². The minimum Gasteiger partial charge on any atom is -0.492 e. The van der Waals surface area contributed by atoms with Crippen LogP contribution in [0.15, 0.2) is 47.4 Å². The first-order chi connectivity index (χ1) is 9.20. The standard InChI is InChI=1S/C16H19NOS/c1-3-18-16-10-14(8-9-15(16)17)19-11-13-7-5-4-6-12(13)2/h4-10H,3,11,17H2,1-2H3. The van der Waals surface area contributed by atoms with Crippen LogP contribution >= 0.6 is 11.8 Å². The SMILES string of the molecule is CCOc1cc(SCc2ccccc2C)ccc1N. The van der Waals surface area contributed by atoms with E-state index < -0.39 is 0 Å². The molecule has 2 aromatic carbocycles. The largest absolute Gasteiger partial charge is 0.492 e. The molecule has 0 atom stereocenters. The molecule has 0 saturated heterocycles. The van der Waals surface area contributed by atoms with Gasteiger partial charge < -0.3 is 10.5 Å². The van der Waals surface area contributed by atoms with Crippen LogP contribution in [0.3, 0.4) is 0 Å². The monoisotopic (exact) mass is 273 g/mol. The molecular weight excluding hydrogens is 254 g/mol. The highest BCUT2D eigenvalue weighted by molar-refractivity contribution is 7.98. The first-order valence-electron chi connectivity index (χ1n) is 6.40. The molecule has 3 heteroatoms. The maximum atomic E-state index is 5.87. The summed E-state index contributed by atoms with van der Waals surface area (Å²) in [5, 5.41) is 0. The molecule has 0 radical (unpaired) electrons. The Bertz CT molecular complexity index is 554. The zero-order valence-corrected chi connectivity index (χ0v) is 12.2. The third-order valence-electron chi connectivity index (χ3n) is 2.94. The minimum atomic E-state index is 0.635. The summed E-state index contributed by atoms with van der Waals surface area (Å²) in [6, 6.07) is 14.4. The van der Waals surface area contributed by atoms with Gasteiger partial charge in [-0.1, -0.05) is 24.3 Å². The highest BCUT2D eigenvalue weighted by atomic mass is 32.2. The lowest BCUT2D eigenvalue weighted by molar-refractivity contribution is 0.341. The van der Waals surface area contributed by atoms with Gasteiger partial charge in [0.2, 0.25) is 0 Å². The number of nitrogens with two attached hydrogens (primary N) is 1. The number of ether oxygens (including phenoxy) is 1. The lowest BCUT2D eigenvalue weighted by Gasteiger charge is -2.09. The van der Waals surface area contributed by atoms with E-state index in [9.17, 15) is 0 Å². The molecule has 2 nitrogen and oxygen atoms in total. The molecule has 0 amide bonds. The fourth-order valence-electron chi connectivity index (χ4n) is 1.82. The summed E-state index contributed by atoms with van der Waals surface area (Å²) in [5.74, 6) is 1.74. The van der Waals surface area contributed by atoms with Crippen molar-refractivity contribution in [3.8, 4) is 5.75 Å². The molecule has 0 aliphatic rings. The predicted octanol–water partition coefficient (Wildman–Crippen LogP) is 4.27. The van der Waals surface area contributed by atoms with Crippen molar-refractivity contribution in [1.29, 1.82) is 0 Å². The molecule has 19 heavy (non-hydrogen) atoms. The van der Waals surface area contributed by atoms with E-state index in [1.54, 1.807) is 11.8 Å². The summed E-state index contributed by atoms with van der Waals surface area (Å²) in [7, 11) is 0. The van der Waals surface area contributed by atoms with Gasteiger partial charge in [-0.25, -0.2) is 0 Å². The smallest absolute Gasteiger partial charge is 0.143 e. The van der Waals surface area contributed by atoms with Crippen LogP contribution < -0.4 is 10.5 Å². The van der Waals surface area contributed by atoms with Crippen LogP contribution in [0.5, 0.6) is 5.75 Å². The fourth-order valence-corrected chi connectivity index (χ4v) is 2.82. The number of aryl methyl sites for hydroxylation is 1. The van der Waals surface area contributed by atoms with Crippen molar-refractivity contribution in [3.05, 3.63) is 53.6 Å². The molecule has 2 N–H and O–H groups in total. The van der Waals surface area contributed by atoms with E-state index in [1.165, 1.54) is 16.0 Å². The molecule has 0 bridgehead atoms. The van der Waals surface area contributed by atoms with Crippen LogP contribution in [0.2, 0.25) is 0 Å². The Morgan fingerprint density at radius 3 is 2.68 bits per heavy atom. The summed E-state index contributed by atoms with van der Waals surface area (Å²) in [5.41, 5.74) is 9.26. The summed E-state index contributed by atoms with van der Waals surface area (Å²) in [6.45, 7) is 4.74. The van der Waals surface area contributed by atoms with E-state index >= 15 is 0 Å². The predicted molar refractivity (Wildman–Crippen MR) is 82.8 cm³/mol. The van der Waals surface area contributed by atoms with Crippen molar-refractivity contribution >= 4 is 17.4 Å². The number of rotatable bonds is 5. The maximum Gasteiger partial charge on any atom is 0.143 e. The van der Waals surface area contributed by atoms with Crippen molar-refractivity contribution in [2.45, 2.75) is 24.5 Å². The topological polar surface area (TPSA) is 35.2 Å². The lowest BCUT2D eigenvalue weighted by atomic mass is 10.1. The molecule has 2 aromatic rings. The Morgan fingerprint density at radius 1 is 1.16 bits per heavy atom. The van der Waals surface area contributed by atoms with E-state index in [-0.39, 0.29) is 0 Å². The second-order valence-electron chi connectivity index (χ2n) is 4.35. The highest BCUT2D eigenvalue weighted by Gasteiger charge is 2.04. The van der Waals surface area contributed by atoms with Gasteiger partial charge in [-0.3, -0.25) is 0 Å². The van der Waals surface area contributed by atoms with Crippen molar-refractivity contribution in [1.82, 2.24) is 0 Å². The Morgan fingerprint density at radius 2 is 1.95 bits per heavy atom. The molecule has 0 saturated carbocycles. The lowest BCUT2D eigenvalue weighted by Crippen LogP contribution is -1.96. The third-order valence-corrected chi connectivity index (χ3v) is 3.98. The number of anilines is 1. The molecule has 2 rings (SSSR count).